The highest BCUT2D eigenvalue weighted by molar-refractivity contribution is 5.88. The second-order valence-electron chi connectivity index (χ2n) is 18.2. The number of allylic oxidation sites excluding steroid dienone is 3. The zero-order valence-electron chi connectivity index (χ0n) is 30.7. The van der Waals surface area contributed by atoms with Crippen LogP contribution < -0.4 is 5.32 Å². The van der Waals surface area contributed by atoms with E-state index in [-0.39, 0.29) is 27.1 Å². The SMILES string of the molecule is C=C(C)[C@@H]1CC[C@]2(C(=O)NCCCN(C)C)CC[C@]3(C)[C@H](CC[C@@H]4[C@@]5(C)CC=C(c6ccc(C(=O)O)cc6)C(C)(C)[C@@H]5CC[C@]43C)[C@@H]12. The molecule has 1 aromatic rings. The Hall–Kier alpha value is -2.40. The van der Waals surface area contributed by atoms with Crippen LogP contribution in [0.15, 0.2) is 42.5 Å². The molecule has 0 radical (unpaired) electrons. The maximum atomic E-state index is 14.3. The predicted molar refractivity (Wildman–Crippen MR) is 192 cm³/mol. The molecule has 47 heavy (non-hydrogen) atoms. The molecule has 0 heterocycles. The lowest BCUT2D eigenvalue weighted by Gasteiger charge is -2.72. The molecule has 0 saturated heterocycles. The van der Waals surface area contributed by atoms with E-state index >= 15 is 0 Å². The molecule has 5 aliphatic rings. The molecular weight excluding hydrogens is 580 g/mol. The van der Waals surface area contributed by atoms with Gasteiger partial charge in [0.05, 0.1) is 11.0 Å². The number of carboxylic acid groups (broad SMARTS) is 1. The van der Waals surface area contributed by atoms with Crippen molar-refractivity contribution < 1.29 is 14.7 Å². The van der Waals surface area contributed by atoms with Gasteiger partial charge in [-0.2, -0.15) is 0 Å². The van der Waals surface area contributed by atoms with Crippen LogP contribution in [0.3, 0.4) is 0 Å². The van der Waals surface area contributed by atoms with Crippen molar-refractivity contribution in [3.8, 4) is 0 Å². The molecule has 0 aromatic heterocycles. The third-order valence-corrected chi connectivity index (χ3v) is 15.6. The molecule has 5 nitrogen and oxygen atoms in total. The Morgan fingerprint density at radius 3 is 2.26 bits per heavy atom. The van der Waals surface area contributed by atoms with Crippen LogP contribution in [0.5, 0.6) is 0 Å². The summed E-state index contributed by atoms with van der Waals surface area (Å²) < 4.78 is 0. The summed E-state index contributed by atoms with van der Waals surface area (Å²) in [7, 11) is 4.20. The maximum Gasteiger partial charge on any atom is 0.335 e. The van der Waals surface area contributed by atoms with Crippen LogP contribution in [-0.2, 0) is 4.79 Å². The highest BCUT2D eigenvalue weighted by atomic mass is 16.4. The van der Waals surface area contributed by atoms with Crippen molar-refractivity contribution in [3.05, 3.63) is 53.6 Å². The zero-order chi connectivity index (χ0) is 34.2. The molecule has 0 bridgehead atoms. The molecular formula is C42H62N2O3. The molecule has 0 unspecified atom stereocenters. The summed E-state index contributed by atoms with van der Waals surface area (Å²) in [6.07, 6.45) is 13.8. The number of fused-ring (bicyclic) bond motifs is 7. The number of rotatable bonds is 8. The van der Waals surface area contributed by atoms with Crippen LogP contribution >= 0.6 is 0 Å². The van der Waals surface area contributed by atoms with Gasteiger partial charge in [0.15, 0.2) is 0 Å². The minimum Gasteiger partial charge on any atom is -0.478 e. The van der Waals surface area contributed by atoms with E-state index in [1.165, 1.54) is 42.4 Å². The van der Waals surface area contributed by atoms with Gasteiger partial charge in [-0.05, 0) is 166 Å². The van der Waals surface area contributed by atoms with Crippen molar-refractivity contribution in [2.75, 3.05) is 27.2 Å². The summed E-state index contributed by atoms with van der Waals surface area (Å²) >= 11 is 0. The predicted octanol–water partition coefficient (Wildman–Crippen LogP) is 9.10. The number of nitrogens with zero attached hydrogens (tertiary/aromatic N) is 1. The summed E-state index contributed by atoms with van der Waals surface area (Å²) in [5.41, 5.74) is 4.56. The standard InChI is InChI=1S/C42H62N2O3/c1-27(2)30-17-22-42(37(47)43-25-10-26-44(8)9)24-23-40(6)32(35(30)42)15-16-34-39(5)20-18-31(28-11-13-29(14-12-28)36(45)46)38(3,4)33(39)19-21-41(34,40)7/h11-14,18,30,32-35H,1,10,15-17,19-26H2,2-9H3,(H,43,47)(H,45,46)/t30-,32+,33-,34+,35+,39-,40+,41+,42-/m0/s1. The van der Waals surface area contributed by atoms with Gasteiger partial charge in [0.25, 0.3) is 0 Å². The lowest BCUT2D eigenvalue weighted by Crippen LogP contribution is -2.66. The van der Waals surface area contributed by atoms with E-state index < -0.39 is 5.97 Å². The minimum atomic E-state index is -0.871. The Morgan fingerprint density at radius 2 is 1.62 bits per heavy atom. The van der Waals surface area contributed by atoms with Crippen LogP contribution in [0, 0.1) is 56.7 Å². The normalized spacial score (nSPS) is 40.4. The van der Waals surface area contributed by atoms with Crippen molar-refractivity contribution in [1.82, 2.24) is 10.2 Å². The van der Waals surface area contributed by atoms with Crippen molar-refractivity contribution in [2.24, 2.45) is 56.7 Å². The summed E-state index contributed by atoms with van der Waals surface area (Å²) in [5.74, 6) is 2.04. The fourth-order valence-corrected chi connectivity index (χ4v) is 13.2. The summed E-state index contributed by atoms with van der Waals surface area (Å²) in [5, 5.41) is 12.9. The monoisotopic (exact) mass is 642 g/mol. The lowest BCUT2D eigenvalue weighted by molar-refractivity contribution is -0.225. The third kappa shape index (κ3) is 5.10. The molecule has 2 N–H and O–H groups in total. The fraction of sp³-hybridized carbons (Fsp3) is 0.714. The number of aromatic carboxylic acids is 1. The van der Waals surface area contributed by atoms with Crippen molar-refractivity contribution in [3.63, 3.8) is 0 Å². The Morgan fingerprint density at radius 1 is 0.915 bits per heavy atom. The van der Waals surface area contributed by atoms with Gasteiger partial charge in [0, 0.05) is 6.54 Å². The summed E-state index contributed by atoms with van der Waals surface area (Å²) in [6.45, 7) is 21.3. The van der Waals surface area contributed by atoms with Crippen LogP contribution in [0.2, 0.25) is 0 Å². The quantitative estimate of drug-likeness (QED) is 0.219. The molecule has 9 atom stereocenters. The van der Waals surface area contributed by atoms with Gasteiger partial charge in [-0.15, -0.1) is 0 Å². The molecule has 6 rings (SSSR count). The number of carboxylic acids is 1. The van der Waals surface area contributed by atoms with Gasteiger partial charge < -0.3 is 15.3 Å². The van der Waals surface area contributed by atoms with E-state index in [2.05, 4.69) is 78.5 Å². The van der Waals surface area contributed by atoms with Crippen LogP contribution in [-0.4, -0.2) is 49.1 Å². The highest BCUT2D eigenvalue weighted by Gasteiger charge is 2.71. The molecule has 258 valence electrons. The Bertz CT molecular complexity index is 1440. The number of benzene rings is 1. The highest BCUT2D eigenvalue weighted by Crippen LogP contribution is 2.77. The van der Waals surface area contributed by atoms with Gasteiger partial charge >= 0.3 is 5.97 Å². The van der Waals surface area contributed by atoms with E-state index in [0.717, 1.165) is 51.6 Å². The van der Waals surface area contributed by atoms with Gasteiger partial charge in [0.1, 0.15) is 0 Å². The summed E-state index contributed by atoms with van der Waals surface area (Å²) in [6, 6.07) is 7.56. The van der Waals surface area contributed by atoms with Gasteiger partial charge in [-0.25, -0.2) is 4.79 Å². The fourth-order valence-electron chi connectivity index (χ4n) is 13.2. The van der Waals surface area contributed by atoms with Gasteiger partial charge in [-0.3, -0.25) is 4.79 Å². The minimum absolute atomic E-state index is 0.000284. The average molecular weight is 643 g/mol. The van der Waals surface area contributed by atoms with E-state index in [0.29, 0.717) is 41.1 Å². The van der Waals surface area contributed by atoms with Crippen LogP contribution in [0.25, 0.3) is 5.57 Å². The topological polar surface area (TPSA) is 69.6 Å². The second-order valence-corrected chi connectivity index (χ2v) is 18.2. The lowest BCUT2D eigenvalue weighted by atomic mass is 9.32. The first kappa shape index (κ1) is 34.5. The number of amides is 1. The van der Waals surface area contributed by atoms with E-state index in [4.69, 9.17) is 0 Å². The van der Waals surface area contributed by atoms with Crippen molar-refractivity contribution in [1.29, 1.82) is 0 Å². The summed E-state index contributed by atoms with van der Waals surface area (Å²) in [4.78, 5) is 28.0. The number of hydrogen-bond acceptors (Lipinski definition) is 3. The maximum absolute atomic E-state index is 14.3. The number of carbonyl (C=O) groups excluding carboxylic acids is 1. The third-order valence-electron chi connectivity index (χ3n) is 15.6. The Labute approximate surface area is 285 Å². The van der Waals surface area contributed by atoms with Crippen molar-refractivity contribution in [2.45, 2.75) is 106 Å². The molecule has 5 aliphatic carbocycles. The van der Waals surface area contributed by atoms with Gasteiger partial charge in [0.2, 0.25) is 5.91 Å². The Balaban J connectivity index is 1.31. The molecule has 4 fully saturated rings. The number of carbonyl (C=O) groups is 2. The molecule has 5 heteroatoms. The smallest absolute Gasteiger partial charge is 0.335 e. The molecule has 4 saturated carbocycles. The van der Waals surface area contributed by atoms with E-state index in [9.17, 15) is 14.7 Å². The van der Waals surface area contributed by atoms with Crippen LogP contribution in [0.4, 0.5) is 0 Å². The average Bonchev–Trinajstić information content (AvgIpc) is 3.41. The van der Waals surface area contributed by atoms with Gasteiger partial charge in [-0.1, -0.05) is 65.0 Å². The van der Waals surface area contributed by atoms with Crippen molar-refractivity contribution >= 4 is 17.4 Å². The Kier molecular flexibility index (Phi) is 8.71. The van der Waals surface area contributed by atoms with Crippen LogP contribution in [0.1, 0.15) is 122 Å². The van der Waals surface area contributed by atoms with E-state index in [1.54, 1.807) is 12.1 Å². The zero-order valence-corrected chi connectivity index (χ0v) is 30.7. The largest absolute Gasteiger partial charge is 0.478 e. The first-order valence-electron chi connectivity index (χ1n) is 18.7. The number of hydrogen-bond donors (Lipinski definition) is 2. The first-order valence-corrected chi connectivity index (χ1v) is 18.7. The molecule has 1 aromatic carbocycles. The number of nitrogens with one attached hydrogen (secondary N) is 1. The van der Waals surface area contributed by atoms with E-state index in [1.807, 2.05) is 12.1 Å². The second kappa shape index (κ2) is 11.9. The molecule has 1 amide bonds. The molecule has 0 aliphatic heterocycles. The first-order chi connectivity index (χ1) is 22.0. The molecule has 0 spiro atoms.